The molecule has 202 valence electrons. The van der Waals surface area contributed by atoms with Gasteiger partial charge in [-0.15, -0.1) is 0 Å². The summed E-state index contributed by atoms with van der Waals surface area (Å²) >= 11 is 0.224. The summed E-state index contributed by atoms with van der Waals surface area (Å²) < 4.78 is 77.4. The number of thiazole rings is 1. The Bertz CT molecular complexity index is 1460. The van der Waals surface area contributed by atoms with Crippen LogP contribution < -0.4 is 15.4 Å². The van der Waals surface area contributed by atoms with Gasteiger partial charge in [-0.1, -0.05) is 11.3 Å². The highest BCUT2D eigenvalue weighted by molar-refractivity contribution is 7.93. The third kappa shape index (κ3) is 5.52. The van der Waals surface area contributed by atoms with Crippen molar-refractivity contribution in [1.29, 1.82) is 0 Å². The number of rotatable bonds is 9. The van der Waals surface area contributed by atoms with Gasteiger partial charge in [-0.2, -0.15) is 13.2 Å². The maximum absolute atomic E-state index is 14.3. The number of carbonyl (C=O) groups excluding carboxylic acids is 2. The van der Waals surface area contributed by atoms with Crippen molar-refractivity contribution in [3.8, 4) is 5.75 Å². The van der Waals surface area contributed by atoms with E-state index < -0.39 is 47.8 Å². The summed E-state index contributed by atoms with van der Waals surface area (Å²) in [4.78, 5) is 38.4. The minimum atomic E-state index is -5.49. The molecule has 12 nitrogen and oxygen atoms in total. The number of esters is 1. The number of aromatic nitrogens is 1. The predicted molar refractivity (Wildman–Crippen MR) is 126 cm³/mol. The number of nitrogens with zero attached hydrogens (tertiary/aromatic N) is 2. The number of hydrogen-bond donors (Lipinski definition) is 2. The normalized spacial score (nSPS) is 13.2. The van der Waals surface area contributed by atoms with Crippen LogP contribution >= 0.6 is 11.3 Å². The smallest absolute Gasteiger partial charge is 0.442 e. The van der Waals surface area contributed by atoms with Gasteiger partial charge in [0.25, 0.3) is 11.6 Å². The van der Waals surface area contributed by atoms with Crippen molar-refractivity contribution in [2.75, 3.05) is 19.5 Å². The van der Waals surface area contributed by atoms with E-state index in [1.165, 1.54) is 19.2 Å². The van der Waals surface area contributed by atoms with Crippen molar-refractivity contribution in [3.63, 3.8) is 0 Å². The third-order valence-corrected chi connectivity index (χ3v) is 8.12. The van der Waals surface area contributed by atoms with E-state index in [2.05, 4.69) is 9.72 Å². The summed E-state index contributed by atoms with van der Waals surface area (Å²) in [6.45, 7) is 0. The monoisotopic (exact) mass is 574 g/mol. The molecule has 1 aromatic heterocycles. The number of nitro groups is 1. The Balaban J connectivity index is 1.98. The molecule has 0 bridgehead atoms. The number of amides is 1. The first-order valence-electron chi connectivity index (χ1n) is 10.1. The summed E-state index contributed by atoms with van der Waals surface area (Å²) in [5.41, 5.74) is -4.49. The Kier molecular flexibility index (Phi) is 7.92. The van der Waals surface area contributed by atoms with Crippen LogP contribution in [0.15, 0.2) is 63.8 Å². The molecule has 0 radical (unpaired) electrons. The molecule has 0 aliphatic rings. The van der Waals surface area contributed by atoms with Crippen LogP contribution in [0.5, 0.6) is 5.75 Å². The summed E-state index contributed by atoms with van der Waals surface area (Å²) in [7, 11) is -2.35. The molecule has 2 N–H and O–H groups in total. The zero-order valence-corrected chi connectivity index (χ0v) is 20.9. The number of methoxy groups -OCH3 is 2. The van der Waals surface area contributed by atoms with Crippen LogP contribution in [0.3, 0.4) is 0 Å². The minimum absolute atomic E-state index is 0.224. The van der Waals surface area contributed by atoms with Gasteiger partial charge in [0.05, 0.1) is 30.2 Å². The molecule has 0 saturated carbocycles. The Hall–Kier alpha value is -4.25. The molecular formula is C21H17F3N4O8S2. The first-order chi connectivity index (χ1) is 17.7. The number of benzene rings is 2. The summed E-state index contributed by atoms with van der Waals surface area (Å²) in [5, 5.41) is 13.4. The van der Waals surface area contributed by atoms with E-state index in [4.69, 9.17) is 4.74 Å². The lowest BCUT2D eigenvalue weighted by Gasteiger charge is -2.34. The third-order valence-electron chi connectivity index (χ3n) is 4.97. The van der Waals surface area contributed by atoms with Crippen molar-refractivity contribution >= 4 is 43.9 Å². The summed E-state index contributed by atoms with van der Waals surface area (Å²) in [6.07, 6.45) is -4.77. The van der Waals surface area contributed by atoms with Crippen molar-refractivity contribution in [2.45, 2.75) is 20.9 Å². The number of non-ortho nitro benzene ring substituents is 1. The average Bonchev–Trinajstić information content (AvgIpc) is 3.36. The van der Waals surface area contributed by atoms with E-state index in [1.807, 2.05) is 0 Å². The van der Waals surface area contributed by atoms with Gasteiger partial charge in [-0.05, 0) is 36.4 Å². The minimum Gasteiger partial charge on any atom is -0.497 e. The molecule has 1 atom stereocenters. The van der Waals surface area contributed by atoms with Gasteiger partial charge >= 0.3 is 17.8 Å². The van der Waals surface area contributed by atoms with E-state index in [0.717, 1.165) is 42.6 Å². The highest BCUT2D eigenvalue weighted by Gasteiger charge is 2.64. The van der Waals surface area contributed by atoms with E-state index in [-0.39, 0.29) is 27.5 Å². The molecular weight excluding hydrogens is 557 g/mol. The first-order valence-corrected chi connectivity index (χ1v) is 12.4. The number of ether oxygens (including phenoxy) is 2. The molecule has 17 heteroatoms. The van der Waals surface area contributed by atoms with Crippen LogP contribution in [0.25, 0.3) is 0 Å². The van der Waals surface area contributed by atoms with Crippen LogP contribution in [0.4, 0.5) is 24.0 Å². The van der Waals surface area contributed by atoms with E-state index in [9.17, 15) is 41.3 Å². The van der Waals surface area contributed by atoms with Crippen LogP contribution in [-0.2, 0) is 19.4 Å². The first kappa shape index (κ1) is 28.3. The van der Waals surface area contributed by atoms with Crippen LogP contribution in [0.1, 0.15) is 10.4 Å². The fourth-order valence-corrected chi connectivity index (χ4v) is 5.48. The van der Waals surface area contributed by atoms with Gasteiger partial charge in [0.1, 0.15) is 9.96 Å². The lowest BCUT2D eigenvalue weighted by Crippen LogP contribution is -2.69. The average molecular weight is 575 g/mol. The molecule has 0 unspecified atom stereocenters. The zero-order valence-electron chi connectivity index (χ0n) is 19.3. The highest BCUT2D eigenvalue weighted by Crippen LogP contribution is 2.36. The topological polar surface area (TPSA) is 167 Å². The second-order valence-corrected chi connectivity index (χ2v) is 10.5. The lowest BCUT2D eigenvalue weighted by atomic mass is 10.1. The van der Waals surface area contributed by atoms with Crippen molar-refractivity contribution in [3.05, 3.63) is 70.4 Å². The highest BCUT2D eigenvalue weighted by atomic mass is 32.2. The number of carbonyl (C=O) groups is 2. The number of nitro benzene ring substituents is 1. The standard InChI is InChI=1S/C21H17F3N4O8S2/c1-35-14-7-3-12(4-8-14)17(29)26-20(18(30)36-2,21(22,23)24)27-19-25-11-16(37-19)38(33,34)15-9-5-13(6-10-15)28(31)32/h3-11H,1-2H3,(H,25,27)(H,26,29)/t20-/m0/s1. The molecule has 38 heavy (non-hydrogen) atoms. The number of sulfone groups is 1. The molecule has 1 amide bonds. The SMILES string of the molecule is COC(=O)[C@](NC(=O)c1ccc(OC)cc1)(Nc1ncc(S(=O)(=O)c2ccc([N+](=O)[O-])cc2)s1)C(F)(F)F. The Morgan fingerprint density at radius 1 is 1.05 bits per heavy atom. The van der Waals surface area contributed by atoms with Gasteiger partial charge < -0.3 is 20.1 Å². The maximum atomic E-state index is 14.3. The fourth-order valence-electron chi connectivity index (χ4n) is 2.99. The number of alkyl halides is 3. The van der Waals surface area contributed by atoms with Crippen molar-refractivity contribution in [2.24, 2.45) is 0 Å². The van der Waals surface area contributed by atoms with Gasteiger partial charge in [-0.3, -0.25) is 14.9 Å². The Labute approximate surface area is 216 Å². The number of anilines is 1. The lowest BCUT2D eigenvalue weighted by molar-refractivity contribution is -0.384. The fraction of sp³-hybridized carbons (Fsp3) is 0.190. The maximum Gasteiger partial charge on any atom is 0.442 e. The van der Waals surface area contributed by atoms with Gasteiger partial charge in [0.2, 0.25) is 9.84 Å². The summed E-state index contributed by atoms with van der Waals surface area (Å²) in [6, 6.07) is 8.71. The van der Waals surface area contributed by atoms with E-state index in [0.29, 0.717) is 12.9 Å². The largest absolute Gasteiger partial charge is 0.497 e. The van der Waals surface area contributed by atoms with Crippen molar-refractivity contribution in [1.82, 2.24) is 10.3 Å². The van der Waals surface area contributed by atoms with Crippen LogP contribution in [-0.4, -0.2) is 56.3 Å². The van der Waals surface area contributed by atoms with Crippen LogP contribution in [0, 0.1) is 10.1 Å². The Morgan fingerprint density at radius 2 is 1.66 bits per heavy atom. The molecule has 3 rings (SSSR count). The molecule has 0 aliphatic carbocycles. The van der Waals surface area contributed by atoms with Crippen LogP contribution in [0.2, 0.25) is 0 Å². The van der Waals surface area contributed by atoms with Gasteiger partial charge in [-0.25, -0.2) is 18.2 Å². The number of nitrogens with one attached hydrogen (secondary N) is 2. The molecule has 0 aliphatic heterocycles. The Morgan fingerprint density at radius 3 is 2.16 bits per heavy atom. The molecule has 3 aromatic rings. The quantitative estimate of drug-likeness (QED) is 0.168. The predicted octanol–water partition coefficient (Wildman–Crippen LogP) is 3.17. The molecule has 0 spiro atoms. The molecule has 0 saturated heterocycles. The second-order valence-electron chi connectivity index (χ2n) is 7.29. The number of hydrogen-bond acceptors (Lipinski definition) is 11. The van der Waals surface area contributed by atoms with Crippen molar-refractivity contribution < 1.29 is 45.6 Å². The van der Waals surface area contributed by atoms with E-state index >= 15 is 0 Å². The van der Waals surface area contributed by atoms with Gasteiger partial charge in [0.15, 0.2) is 5.13 Å². The molecule has 2 aromatic carbocycles. The number of halogens is 3. The second kappa shape index (κ2) is 10.6. The zero-order chi connectivity index (χ0) is 28.3. The van der Waals surface area contributed by atoms with Gasteiger partial charge in [0, 0.05) is 17.7 Å². The summed E-state index contributed by atoms with van der Waals surface area (Å²) in [5.74, 6) is -2.96. The molecule has 0 fully saturated rings. The molecule has 1 heterocycles. The van der Waals surface area contributed by atoms with E-state index in [1.54, 1.807) is 10.6 Å².